The number of nitrogens with zero attached hydrogens (tertiary/aromatic N) is 3. The summed E-state index contributed by atoms with van der Waals surface area (Å²) < 4.78 is 38.2. The highest BCUT2D eigenvalue weighted by Gasteiger charge is 2.38. The molecule has 2 heterocycles. The second-order valence-corrected chi connectivity index (χ2v) is 9.97. The maximum absolute atomic E-state index is 14.2. The summed E-state index contributed by atoms with van der Waals surface area (Å²) in [5.74, 6) is 0.706. The lowest BCUT2D eigenvalue weighted by atomic mass is 9.88. The predicted octanol–water partition coefficient (Wildman–Crippen LogP) is 4.66. The first-order valence-electron chi connectivity index (χ1n) is 12.9. The molecule has 200 valence electrons. The highest BCUT2D eigenvalue weighted by molar-refractivity contribution is 5.95. The number of piperazine rings is 1. The Bertz CT molecular complexity index is 1260. The number of hydrogen-bond donors (Lipinski definition) is 0. The molecular formula is C30H33F2N3O3. The normalized spacial score (nSPS) is 20.0. The Morgan fingerprint density at radius 3 is 2.26 bits per heavy atom. The molecule has 0 aliphatic carbocycles. The molecule has 8 heteroatoms. The zero-order valence-electron chi connectivity index (χ0n) is 21.8. The fourth-order valence-electron chi connectivity index (χ4n) is 5.66. The summed E-state index contributed by atoms with van der Waals surface area (Å²) in [7, 11) is 3.11. The molecule has 0 radical (unpaired) electrons. The van der Waals surface area contributed by atoms with E-state index in [1.54, 1.807) is 44.6 Å². The van der Waals surface area contributed by atoms with Gasteiger partial charge in [0.05, 0.1) is 14.2 Å². The van der Waals surface area contributed by atoms with Gasteiger partial charge < -0.3 is 19.3 Å². The summed E-state index contributed by atoms with van der Waals surface area (Å²) in [5.41, 5.74) is 2.48. The molecule has 2 fully saturated rings. The van der Waals surface area contributed by atoms with Gasteiger partial charge in [0.15, 0.2) is 11.5 Å². The zero-order valence-corrected chi connectivity index (χ0v) is 21.8. The van der Waals surface area contributed by atoms with Crippen LogP contribution in [0.15, 0.2) is 66.7 Å². The van der Waals surface area contributed by atoms with Crippen LogP contribution >= 0.6 is 0 Å². The number of hydrogen-bond acceptors (Lipinski definition) is 5. The first kappa shape index (κ1) is 26.0. The largest absolute Gasteiger partial charge is 0.493 e. The van der Waals surface area contributed by atoms with Gasteiger partial charge in [-0.15, -0.1) is 0 Å². The van der Waals surface area contributed by atoms with Crippen molar-refractivity contribution < 1.29 is 23.0 Å². The Morgan fingerprint density at radius 1 is 0.842 bits per heavy atom. The number of benzene rings is 3. The van der Waals surface area contributed by atoms with Crippen molar-refractivity contribution in [1.82, 2.24) is 9.80 Å². The molecule has 6 nitrogen and oxygen atoms in total. The quantitative estimate of drug-likeness (QED) is 0.453. The maximum Gasteiger partial charge on any atom is 0.254 e. The number of methoxy groups -OCH3 is 2. The van der Waals surface area contributed by atoms with Gasteiger partial charge in [-0.1, -0.05) is 12.1 Å². The minimum Gasteiger partial charge on any atom is -0.493 e. The van der Waals surface area contributed by atoms with Crippen molar-refractivity contribution in [3.8, 4) is 11.5 Å². The van der Waals surface area contributed by atoms with Gasteiger partial charge in [-0.05, 0) is 66.1 Å². The number of carbonyl (C=O) groups is 1. The second kappa shape index (κ2) is 11.4. The van der Waals surface area contributed by atoms with E-state index in [1.807, 2.05) is 23.1 Å². The molecule has 0 bridgehead atoms. The molecule has 3 aromatic rings. The van der Waals surface area contributed by atoms with Crippen molar-refractivity contribution in [2.24, 2.45) is 5.92 Å². The standard InChI is InChI=1S/C30H33F2N3O3/c1-37-28-11-6-22(17-29(28)38-2)30(36)35-19-23(27(20-35)21-4-3-5-25(32)16-21)18-33-12-14-34(15-13-33)26-9-7-24(31)8-10-26/h3-11,16-17,23,27H,12-15,18-20H2,1-2H3/t23-,27+/m1/s1. The third kappa shape index (κ3) is 5.60. The molecule has 3 aromatic carbocycles. The van der Waals surface area contributed by atoms with Crippen molar-refractivity contribution in [2.75, 3.05) is 64.9 Å². The lowest BCUT2D eigenvalue weighted by molar-refractivity contribution is 0.0782. The summed E-state index contributed by atoms with van der Waals surface area (Å²) in [4.78, 5) is 20.1. The van der Waals surface area contributed by atoms with Crippen LogP contribution in [-0.4, -0.2) is 75.7 Å². The van der Waals surface area contributed by atoms with E-state index in [0.717, 1.165) is 44.0 Å². The molecule has 0 N–H and O–H groups in total. The van der Waals surface area contributed by atoms with Gasteiger partial charge >= 0.3 is 0 Å². The fraction of sp³-hybridized carbons (Fsp3) is 0.367. The molecule has 1 amide bonds. The third-order valence-corrected chi connectivity index (χ3v) is 7.69. The molecule has 0 spiro atoms. The van der Waals surface area contributed by atoms with Crippen LogP contribution in [0.2, 0.25) is 0 Å². The molecule has 2 aliphatic heterocycles. The molecule has 0 unspecified atom stereocenters. The van der Waals surface area contributed by atoms with E-state index in [0.29, 0.717) is 30.2 Å². The Balaban J connectivity index is 1.30. The summed E-state index contributed by atoms with van der Waals surface area (Å²) in [6.07, 6.45) is 0. The lowest BCUT2D eigenvalue weighted by Crippen LogP contribution is -2.48. The van der Waals surface area contributed by atoms with E-state index in [2.05, 4.69) is 9.80 Å². The number of rotatable bonds is 7. The Kier molecular flexibility index (Phi) is 7.79. The first-order valence-corrected chi connectivity index (χ1v) is 12.9. The minimum absolute atomic E-state index is 0.0323. The summed E-state index contributed by atoms with van der Waals surface area (Å²) in [6, 6.07) is 18.6. The van der Waals surface area contributed by atoms with Gasteiger partial charge in [0.1, 0.15) is 11.6 Å². The number of ether oxygens (including phenoxy) is 2. The highest BCUT2D eigenvalue weighted by Crippen LogP contribution is 2.36. The van der Waals surface area contributed by atoms with E-state index in [9.17, 15) is 13.6 Å². The highest BCUT2D eigenvalue weighted by atomic mass is 19.1. The zero-order chi connectivity index (χ0) is 26.6. The van der Waals surface area contributed by atoms with Gasteiger partial charge in [-0.2, -0.15) is 0 Å². The molecule has 2 aliphatic rings. The van der Waals surface area contributed by atoms with Crippen LogP contribution in [-0.2, 0) is 0 Å². The fourth-order valence-corrected chi connectivity index (χ4v) is 5.66. The summed E-state index contributed by atoms with van der Waals surface area (Å²) in [6.45, 7) is 5.35. The smallest absolute Gasteiger partial charge is 0.254 e. The van der Waals surface area contributed by atoms with E-state index >= 15 is 0 Å². The second-order valence-electron chi connectivity index (χ2n) is 9.97. The molecule has 0 saturated carbocycles. The van der Waals surface area contributed by atoms with Crippen LogP contribution in [0.1, 0.15) is 21.8 Å². The van der Waals surface area contributed by atoms with Gasteiger partial charge in [-0.3, -0.25) is 9.69 Å². The molecule has 2 saturated heterocycles. The third-order valence-electron chi connectivity index (χ3n) is 7.69. The number of carbonyl (C=O) groups excluding carboxylic acids is 1. The van der Waals surface area contributed by atoms with Crippen molar-refractivity contribution in [1.29, 1.82) is 0 Å². The van der Waals surface area contributed by atoms with Crippen molar-refractivity contribution in [2.45, 2.75) is 5.92 Å². The Labute approximate surface area is 222 Å². The predicted molar refractivity (Wildman–Crippen MR) is 143 cm³/mol. The van der Waals surface area contributed by atoms with E-state index < -0.39 is 0 Å². The lowest BCUT2D eigenvalue weighted by Gasteiger charge is -2.37. The van der Waals surface area contributed by atoms with E-state index in [1.165, 1.54) is 18.2 Å². The van der Waals surface area contributed by atoms with Crippen molar-refractivity contribution >= 4 is 11.6 Å². The van der Waals surface area contributed by atoms with Gasteiger partial charge in [0, 0.05) is 63.0 Å². The van der Waals surface area contributed by atoms with Crippen LogP contribution in [0.3, 0.4) is 0 Å². The average Bonchev–Trinajstić information content (AvgIpc) is 3.37. The molecule has 2 atom stereocenters. The molecule has 0 aromatic heterocycles. The van der Waals surface area contributed by atoms with Crippen LogP contribution in [0.4, 0.5) is 14.5 Å². The van der Waals surface area contributed by atoms with Crippen LogP contribution in [0.5, 0.6) is 11.5 Å². The topological polar surface area (TPSA) is 45.2 Å². The van der Waals surface area contributed by atoms with E-state index in [-0.39, 0.29) is 29.4 Å². The van der Waals surface area contributed by atoms with Crippen LogP contribution < -0.4 is 14.4 Å². The summed E-state index contributed by atoms with van der Waals surface area (Å²) >= 11 is 0. The van der Waals surface area contributed by atoms with Crippen molar-refractivity contribution in [3.63, 3.8) is 0 Å². The number of halogens is 2. The van der Waals surface area contributed by atoms with Gasteiger partial charge in [0.2, 0.25) is 0 Å². The minimum atomic E-state index is -0.265. The number of likely N-dealkylation sites (tertiary alicyclic amines) is 1. The molecule has 38 heavy (non-hydrogen) atoms. The first-order chi connectivity index (χ1) is 18.4. The molecular weight excluding hydrogens is 488 g/mol. The van der Waals surface area contributed by atoms with E-state index in [4.69, 9.17) is 9.47 Å². The number of amides is 1. The van der Waals surface area contributed by atoms with Crippen LogP contribution in [0.25, 0.3) is 0 Å². The van der Waals surface area contributed by atoms with Gasteiger partial charge in [-0.25, -0.2) is 8.78 Å². The average molecular weight is 522 g/mol. The summed E-state index contributed by atoms with van der Waals surface area (Å²) in [5, 5.41) is 0. The van der Waals surface area contributed by atoms with Crippen molar-refractivity contribution in [3.05, 3.63) is 89.5 Å². The Morgan fingerprint density at radius 2 is 1.58 bits per heavy atom. The monoisotopic (exact) mass is 521 g/mol. The number of anilines is 1. The SMILES string of the molecule is COc1ccc(C(=O)N2C[C@@H](CN3CCN(c4ccc(F)cc4)CC3)[C@H](c3cccc(F)c3)C2)cc1OC. The maximum atomic E-state index is 14.2. The van der Waals surface area contributed by atoms with Gasteiger partial charge in [0.25, 0.3) is 5.91 Å². The molecule has 5 rings (SSSR count). The Hall–Kier alpha value is -3.65. The van der Waals surface area contributed by atoms with Crippen LogP contribution in [0, 0.1) is 17.6 Å².